The number of halogens is 2. The molecule has 0 saturated carbocycles. The first-order chi connectivity index (χ1) is 12.3. The van der Waals surface area contributed by atoms with Crippen molar-refractivity contribution in [1.82, 2.24) is 0 Å². The molecule has 0 radical (unpaired) electrons. The number of likely N-dealkylation sites (tertiary alicyclic amines) is 1. The van der Waals surface area contributed by atoms with Crippen molar-refractivity contribution >= 4 is 17.7 Å². The molecule has 0 N–H and O–H groups in total. The van der Waals surface area contributed by atoms with E-state index < -0.39 is 0 Å². The molecule has 0 unspecified atom stereocenters. The third-order valence-electron chi connectivity index (χ3n) is 4.86. The number of hydrogen-bond acceptors (Lipinski definition) is 0. The Labute approximate surface area is 173 Å². The van der Waals surface area contributed by atoms with Crippen LogP contribution in [-0.2, 0) is 0 Å². The minimum atomic E-state index is 0. The van der Waals surface area contributed by atoms with E-state index >= 15 is 0 Å². The molecule has 0 aliphatic carbocycles. The van der Waals surface area contributed by atoms with Gasteiger partial charge >= 0.3 is 0 Å². The van der Waals surface area contributed by atoms with Gasteiger partial charge in [0.15, 0.2) is 0 Å². The molecular formula is C23H25BrClN. The molecule has 1 fully saturated rings. The van der Waals surface area contributed by atoms with Crippen LogP contribution in [0.25, 0.3) is 6.08 Å². The van der Waals surface area contributed by atoms with Gasteiger partial charge in [0.2, 0.25) is 0 Å². The summed E-state index contributed by atoms with van der Waals surface area (Å²) in [4.78, 5) is 0. The number of benzene rings is 2. The smallest absolute Gasteiger partial charge is 0.141 e. The second kappa shape index (κ2) is 10.6. The highest BCUT2D eigenvalue weighted by molar-refractivity contribution is 6.30. The molecule has 0 aromatic heterocycles. The van der Waals surface area contributed by atoms with E-state index in [1.54, 1.807) is 0 Å². The van der Waals surface area contributed by atoms with Crippen molar-refractivity contribution < 1.29 is 21.5 Å². The molecule has 0 spiro atoms. The van der Waals surface area contributed by atoms with Crippen LogP contribution in [0.15, 0.2) is 60.7 Å². The Morgan fingerprint density at radius 3 is 2.31 bits per heavy atom. The first-order valence-electron chi connectivity index (χ1n) is 9.07. The maximum Gasteiger partial charge on any atom is 0.141 e. The van der Waals surface area contributed by atoms with Crippen LogP contribution in [0.2, 0.25) is 5.02 Å². The number of nitrogens with zero attached hydrogens (tertiary/aromatic N) is 1. The monoisotopic (exact) mass is 429 g/mol. The lowest BCUT2D eigenvalue weighted by atomic mass is 10.1. The van der Waals surface area contributed by atoms with Crippen LogP contribution < -0.4 is 17.0 Å². The molecule has 1 saturated heterocycles. The van der Waals surface area contributed by atoms with Gasteiger partial charge < -0.3 is 21.5 Å². The van der Waals surface area contributed by atoms with E-state index in [-0.39, 0.29) is 17.0 Å². The summed E-state index contributed by atoms with van der Waals surface area (Å²) in [5.41, 5.74) is 2.31. The van der Waals surface area contributed by atoms with Gasteiger partial charge in [-0.05, 0) is 61.1 Å². The first kappa shape index (κ1) is 20.8. The Morgan fingerprint density at radius 2 is 1.62 bits per heavy atom. The highest BCUT2D eigenvalue weighted by atomic mass is 79.9. The summed E-state index contributed by atoms with van der Waals surface area (Å²) in [6, 6.07) is 18.3. The predicted molar refractivity (Wildman–Crippen MR) is 107 cm³/mol. The lowest BCUT2D eigenvalue weighted by Gasteiger charge is -2.39. The zero-order chi connectivity index (χ0) is 17.4. The Bertz CT molecular complexity index is 750. The fraction of sp³-hybridized carbons (Fsp3) is 0.304. The molecule has 136 valence electrons. The summed E-state index contributed by atoms with van der Waals surface area (Å²) in [5, 5.41) is 0.760. The van der Waals surface area contributed by atoms with Gasteiger partial charge in [-0.1, -0.05) is 53.9 Å². The lowest BCUT2D eigenvalue weighted by molar-refractivity contribution is -0.920. The van der Waals surface area contributed by atoms with Crippen LogP contribution in [0.1, 0.15) is 30.4 Å². The van der Waals surface area contributed by atoms with Crippen molar-refractivity contribution in [3.8, 4) is 11.8 Å². The summed E-state index contributed by atoms with van der Waals surface area (Å²) >= 11 is 5.94. The van der Waals surface area contributed by atoms with Crippen molar-refractivity contribution in [2.75, 3.05) is 26.2 Å². The quantitative estimate of drug-likeness (QED) is 0.516. The van der Waals surface area contributed by atoms with Crippen LogP contribution in [0, 0.1) is 11.8 Å². The van der Waals surface area contributed by atoms with Crippen molar-refractivity contribution in [3.63, 3.8) is 0 Å². The van der Waals surface area contributed by atoms with Gasteiger partial charge in [-0.2, -0.15) is 0 Å². The molecule has 1 nitrogen and oxygen atoms in total. The molecule has 2 aromatic carbocycles. The van der Waals surface area contributed by atoms with E-state index in [1.807, 2.05) is 24.3 Å². The van der Waals surface area contributed by atoms with Crippen molar-refractivity contribution in [1.29, 1.82) is 0 Å². The Morgan fingerprint density at radius 1 is 0.923 bits per heavy atom. The molecule has 3 heteroatoms. The van der Waals surface area contributed by atoms with E-state index in [0.717, 1.165) is 28.2 Å². The van der Waals surface area contributed by atoms with Crippen molar-refractivity contribution in [3.05, 3.63) is 76.8 Å². The number of quaternary nitrogens is 1. The molecular weight excluding hydrogens is 406 g/mol. The minimum Gasteiger partial charge on any atom is -1.00 e. The Balaban J connectivity index is 0.00000243. The van der Waals surface area contributed by atoms with Gasteiger partial charge in [0.05, 0.1) is 19.6 Å². The Kier molecular flexibility index (Phi) is 8.45. The summed E-state index contributed by atoms with van der Waals surface area (Å²) in [6.45, 7) is 4.44. The second-order valence-electron chi connectivity index (χ2n) is 6.81. The largest absolute Gasteiger partial charge is 1.00 e. The maximum atomic E-state index is 5.94. The standard InChI is InChI=1S/C23H25ClN.BrH/c24-23-15-13-22(14-16-23)12-8-20-25(17-5-2-6-18-25)19-7-11-21-9-3-1-4-10-21;/h1,3-4,7,9-11,13-16H,2,5-6,17-20H2;1H/q+1;/p-1. The number of rotatable bonds is 4. The highest BCUT2D eigenvalue weighted by Gasteiger charge is 2.27. The number of piperidine rings is 1. The van der Waals surface area contributed by atoms with Crippen LogP contribution in [0.3, 0.4) is 0 Å². The summed E-state index contributed by atoms with van der Waals surface area (Å²) in [5.74, 6) is 6.73. The zero-order valence-corrected chi connectivity index (χ0v) is 17.3. The molecule has 0 bridgehead atoms. The Hall–Kier alpha value is -1.53. The lowest BCUT2D eigenvalue weighted by Crippen LogP contribution is -3.00. The predicted octanol–water partition coefficient (Wildman–Crippen LogP) is 2.41. The maximum absolute atomic E-state index is 5.94. The molecule has 3 rings (SSSR count). The fourth-order valence-corrected chi connectivity index (χ4v) is 3.53. The molecule has 1 aliphatic heterocycles. The van der Waals surface area contributed by atoms with Crippen LogP contribution >= 0.6 is 11.6 Å². The van der Waals surface area contributed by atoms with Crippen molar-refractivity contribution in [2.24, 2.45) is 0 Å². The van der Waals surface area contributed by atoms with Gasteiger partial charge in [0, 0.05) is 10.6 Å². The zero-order valence-electron chi connectivity index (χ0n) is 15.0. The van der Waals surface area contributed by atoms with E-state index in [9.17, 15) is 0 Å². The van der Waals surface area contributed by atoms with Gasteiger partial charge in [-0.3, -0.25) is 0 Å². The molecule has 0 atom stereocenters. The topological polar surface area (TPSA) is 0 Å². The average molecular weight is 431 g/mol. The van der Waals surface area contributed by atoms with Gasteiger partial charge in [0.25, 0.3) is 0 Å². The fourth-order valence-electron chi connectivity index (χ4n) is 3.41. The number of hydrogen-bond donors (Lipinski definition) is 0. The summed E-state index contributed by atoms with van der Waals surface area (Å²) in [6.07, 6.45) is 8.53. The van der Waals surface area contributed by atoms with Crippen LogP contribution in [0.5, 0.6) is 0 Å². The first-order valence-corrected chi connectivity index (χ1v) is 9.45. The highest BCUT2D eigenvalue weighted by Crippen LogP contribution is 2.19. The average Bonchev–Trinajstić information content (AvgIpc) is 2.65. The molecule has 26 heavy (non-hydrogen) atoms. The van der Waals surface area contributed by atoms with E-state index in [1.165, 1.54) is 37.9 Å². The summed E-state index contributed by atoms with van der Waals surface area (Å²) in [7, 11) is 0. The van der Waals surface area contributed by atoms with E-state index in [4.69, 9.17) is 11.6 Å². The van der Waals surface area contributed by atoms with Crippen LogP contribution in [0.4, 0.5) is 0 Å². The van der Waals surface area contributed by atoms with Gasteiger partial charge in [0.1, 0.15) is 6.54 Å². The molecule has 0 amide bonds. The summed E-state index contributed by atoms with van der Waals surface area (Å²) < 4.78 is 1.09. The molecule has 2 aromatic rings. The van der Waals surface area contributed by atoms with Gasteiger partial charge in [-0.25, -0.2) is 0 Å². The molecule has 1 aliphatic rings. The van der Waals surface area contributed by atoms with E-state index in [0.29, 0.717) is 0 Å². The van der Waals surface area contributed by atoms with Gasteiger partial charge in [-0.15, -0.1) is 0 Å². The van der Waals surface area contributed by atoms with Crippen molar-refractivity contribution in [2.45, 2.75) is 19.3 Å². The van der Waals surface area contributed by atoms with Crippen LogP contribution in [-0.4, -0.2) is 30.7 Å². The third kappa shape index (κ3) is 6.32. The minimum absolute atomic E-state index is 0. The third-order valence-corrected chi connectivity index (χ3v) is 5.11. The molecule has 1 heterocycles. The normalized spacial score (nSPS) is 15.7. The van der Waals surface area contributed by atoms with E-state index in [2.05, 4.69) is 54.3 Å². The second-order valence-corrected chi connectivity index (χ2v) is 7.25. The SMILES string of the molecule is Clc1ccc(C#CC[N+]2(CC=Cc3ccccc3)CCCCC2)cc1.[Br-].